The van der Waals surface area contributed by atoms with Gasteiger partial charge in [0.1, 0.15) is 30.5 Å². The number of amides is 4. The van der Waals surface area contributed by atoms with E-state index >= 15 is 0 Å². The van der Waals surface area contributed by atoms with E-state index in [9.17, 15) is 63.2 Å². The number of carbonyl (C=O) groups excluding carboxylic acids is 10. The minimum absolute atomic E-state index is 0.113. The lowest BCUT2D eigenvalue weighted by Gasteiger charge is -2.26. The van der Waals surface area contributed by atoms with Crippen molar-refractivity contribution >= 4 is 64.4 Å². The van der Waals surface area contributed by atoms with Gasteiger partial charge in [-0.15, -0.1) is 0 Å². The summed E-state index contributed by atoms with van der Waals surface area (Å²) < 4.78 is 21.3. The molecular weight excluding hydrogens is 1070 g/mol. The van der Waals surface area contributed by atoms with E-state index in [1.54, 1.807) is 75.4 Å². The molecule has 4 aromatic carbocycles. The number of aliphatic hydroxyl groups excluding tert-OH is 1. The maximum Gasteiger partial charge on any atom is 0.407 e. The first-order valence-electron chi connectivity index (χ1n) is 27.4. The van der Waals surface area contributed by atoms with Crippen LogP contribution in [0.1, 0.15) is 115 Å². The van der Waals surface area contributed by atoms with Crippen LogP contribution in [-0.2, 0) is 83.6 Å². The predicted molar refractivity (Wildman–Crippen MR) is 301 cm³/mol. The number of ether oxygens (including phenoxy) is 4. The average Bonchev–Trinajstić information content (AvgIpc) is 3.51. The molecule has 0 saturated carbocycles. The van der Waals surface area contributed by atoms with Crippen LogP contribution in [0.25, 0.3) is 0 Å². The zero-order chi connectivity index (χ0) is 60.8. The van der Waals surface area contributed by atoms with Gasteiger partial charge in [-0.25, -0.2) is 4.79 Å². The molecule has 0 aliphatic rings. The highest BCUT2D eigenvalue weighted by Gasteiger charge is 2.35. The number of hydrogen-bond acceptors (Lipinski definition) is 17. The number of carbonyl (C=O) groups is 10. The highest BCUT2D eigenvalue weighted by molar-refractivity contribution is 5.98. The van der Waals surface area contributed by atoms with Crippen molar-refractivity contribution in [1.82, 2.24) is 21.3 Å². The molecule has 83 heavy (non-hydrogen) atoms. The summed E-state index contributed by atoms with van der Waals surface area (Å²) in [5, 5.41) is 31.7. The van der Waals surface area contributed by atoms with Crippen LogP contribution >= 0.6 is 0 Å². The van der Waals surface area contributed by atoms with Crippen molar-refractivity contribution in [3.05, 3.63) is 142 Å². The maximum atomic E-state index is 14.2. The number of esters is 1. The summed E-state index contributed by atoms with van der Waals surface area (Å²) in [6, 6.07) is 26.7. The molecule has 22 nitrogen and oxygen atoms in total. The van der Waals surface area contributed by atoms with Gasteiger partial charge in [-0.3, -0.25) is 43.7 Å². The summed E-state index contributed by atoms with van der Waals surface area (Å²) in [5.41, 5.74) is 2.41. The Labute approximate surface area is 482 Å². The number of non-ortho nitro benzene ring substituents is 1. The molecule has 22 heteroatoms. The topological polar surface area (TPSA) is 319 Å². The van der Waals surface area contributed by atoms with Gasteiger partial charge >= 0.3 is 18.5 Å². The fraction of sp³-hybridized carbons (Fsp3) is 0.443. The standard InChI is InChI=1S/C61H75N5O17/c1-39(2)51(59(75)65-53(34-56(72)80-36-44-15-8-6-9-16-44)54(70)31-43-20-22-46(23-21-43)38-82-61(77)83-50-26-24-48(25-27-50)66(78)79)33-55(71)52(28-19-41(4)67)64-58(74)47(30-42(5)68)32-49(69)35-63-57(73)40(3)14-12-13-29-62-60(76)81-37-45-17-10-7-11-18-45/h6-11,15-18,20-27,39-40,47,51-53,61,77H,12-14,19,28-38H2,1-5H3,(H,62,76)(H,63,73)(H,64,74)(H,65,75)/t40-,47+,51-,52-,53-,61-/m0/s1. The Bertz CT molecular complexity index is 2810. The molecule has 0 radical (unpaired) electrons. The largest absolute Gasteiger partial charge is 0.461 e. The number of unbranched alkanes of at least 4 members (excludes halogenated alkanes) is 1. The summed E-state index contributed by atoms with van der Waals surface area (Å²) >= 11 is 0. The Balaban J connectivity index is 1.36. The number of nitro groups is 1. The van der Waals surface area contributed by atoms with Crippen LogP contribution in [0.15, 0.2) is 109 Å². The summed E-state index contributed by atoms with van der Waals surface area (Å²) in [7, 11) is 0. The lowest BCUT2D eigenvalue weighted by molar-refractivity contribution is -0.384. The second-order valence-electron chi connectivity index (χ2n) is 20.6. The molecule has 446 valence electrons. The first-order valence-corrected chi connectivity index (χ1v) is 27.4. The van der Waals surface area contributed by atoms with Crippen molar-refractivity contribution < 1.29 is 76.9 Å². The van der Waals surface area contributed by atoms with Gasteiger partial charge in [0.25, 0.3) is 5.69 Å². The molecule has 0 saturated heterocycles. The van der Waals surface area contributed by atoms with Gasteiger partial charge in [-0.05, 0) is 73.4 Å². The highest BCUT2D eigenvalue weighted by atomic mass is 16.8. The number of hydrogen-bond donors (Lipinski definition) is 5. The summed E-state index contributed by atoms with van der Waals surface area (Å²) in [6.07, 6.45) is -1.45. The molecule has 4 rings (SSSR count). The Hall–Kier alpha value is -8.50. The van der Waals surface area contributed by atoms with E-state index < -0.39 is 126 Å². The molecule has 5 N–H and O–H groups in total. The summed E-state index contributed by atoms with van der Waals surface area (Å²) in [4.78, 5) is 143. The molecule has 0 heterocycles. The van der Waals surface area contributed by atoms with Gasteiger partial charge in [0.15, 0.2) is 17.3 Å². The molecular formula is C61H75N5O17. The third kappa shape index (κ3) is 25.9. The first-order chi connectivity index (χ1) is 39.6. The fourth-order valence-corrected chi connectivity index (χ4v) is 8.45. The number of Topliss-reactive ketones (excluding diaryl/α,β-unsaturated/α-hetero) is 5. The van der Waals surface area contributed by atoms with Crippen molar-refractivity contribution in [2.45, 2.75) is 137 Å². The number of aliphatic hydroxyl groups is 1. The van der Waals surface area contributed by atoms with Crippen molar-refractivity contribution in [3.63, 3.8) is 0 Å². The normalized spacial score (nSPS) is 13.1. The van der Waals surface area contributed by atoms with E-state index in [1.165, 1.54) is 38.1 Å². The minimum atomic E-state index is -1.72. The third-order valence-corrected chi connectivity index (χ3v) is 13.3. The monoisotopic (exact) mass is 1150 g/mol. The van der Waals surface area contributed by atoms with E-state index in [4.69, 9.17) is 18.9 Å². The Kier molecular flexibility index (Phi) is 28.6. The summed E-state index contributed by atoms with van der Waals surface area (Å²) in [6.45, 7) is 5.59. The lowest BCUT2D eigenvalue weighted by atomic mass is 9.86. The van der Waals surface area contributed by atoms with Crippen LogP contribution in [0, 0.1) is 33.8 Å². The minimum Gasteiger partial charge on any atom is -0.461 e. The fourth-order valence-electron chi connectivity index (χ4n) is 8.45. The van der Waals surface area contributed by atoms with E-state index in [1.807, 2.05) is 30.3 Å². The molecule has 0 fully saturated rings. The molecule has 0 bridgehead atoms. The third-order valence-electron chi connectivity index (χ3n) is 13.3. The molecule has 4 aromatic rings. The smallest absolute Gasteiger partial charge is 0.407 e. The van der Waals surface area contributed by atoms with Crippen molar-refractivity contribution in [3.8, 4) is 5.75 Å². The van der Waals surface area contributed by atoms with Gasteiger partial charge in [-0.2, -0.15) is 0 Å². The van der Waals surface area contributed by atoms with Gasteiger partial charge in [-0.1, -0.05) is 112 Å². The molecule has 0 aliphatic heterocycles. The highest BCUT2D eigenvalue weighted by Crippen LogP contribution is 2.22. The van der Waals surface area contributed by atoms with Crippen molar-refractivity contribution in [2.75, 3.05) is 13.1 Å². The van der Waals surface area contributed by atoms with Crippen LogP contribution in [0.2, 0.25) is 0 Å². The number of nitro benzene ring substituents is 1. The van der Waals surface area contributed by atoms with Gasteiger partial charge < -0.3 is 54.9 Å². The van der Waals surface area contributed by atoms with Crippen molar-refractivity contribution in [1.29, 1.82) is 0 Å². The first kappa shape index (κ1) is 67.0. The zero-order valence-electron chi connectivity index (χ0n) is 47.5. The van der Waals surface area contributed by atoms with Gasteiger partial charge in [0, 0.05) is 62.6 Å². The van der Waals surface area contributed by atoms with Crippen LogP contribution in [0.5, 0.6) is 5.75 Å². The zero-order valence-corrected chi connectivity index (χ0v) is 47.5. The molecule has 4 amide bonds. The number of alkyl carbamates (subject to hydrolysis) is 1. The van der Waals surface area contributed by atoms with E-state index in [0.29, 0.717) is 42.5 Å². The summed E-state index contributed by atoms with van der Waals surface area (Å²) in [5.74, 6) is -8.62. The molecule has 0 aromatic heterocycles. The Morgan fingerprint density at radius 2 is 1.18 bits per heavy atom. The van der Waals surface area contributed by atoms with Crippen molar-refractivity contribution in [2.24, 2.45) is 23.7 Å². The van der Waals surface area contributed by atoms with Crippen LogP contribution in [-0.4, -0.2) is 100 Å². The number of nitrogens with zero attached hydrogens (tertiary/aromatic N) is 1. The molecule has 0 unspecified atom stereocenters. The van der Waals surface area contributed by atoms with Crippen LogP contribution in [0.4, 0.5) is 10.5 Å². The van der Waals surface area contributed by atoms with Crippen LogP contribution < -0.4 is 26.0 Å². The predicted octanol–water partition coefficient (Wildman–Crippen LogP) is 6.69. The average molecular weight is 1150 g/mol. The van der Waals surface area contributed by atoms with E-state index in [2.05, 4.69) is 21.3 Å². The second-order valence-corrected chi connectivity index (χ2v) is 20.6. The Morgan fingerprint density at radius 1 is 0.590 bits per heavy atom. The lowest BCUT2D eigenvalue weighted by Crippen LogP contribution is -2.49. The van der Waals surface area contributed by atoms with E-state index in [-0.39, 0.29) is 62.7 Å². The van der Waals surface area contributed by atoms with Gasteiger partial charge in [0.05, 0.1) is 42.5 Å². The van der Waals surface area contributed by atoms with Crippen LogP contribution in [0.3, 0.4) is 0 Å². The van der Waals surface area contributed by atoms with Gasteiger partial charge in [0.2, 0.25) is 17.7 Å². The molecule has 0 spiro atoms. The molecule has 0 aliphatic carbocycles. The Morgan fingerprint density at radius 3 is 1.77 bits per heavy atom. The number of ketones is 5. The number of benzene rings is 4. The van der Waals surface area contributed by atoms with E-state index in [0.717, 1.165) is 5.56 Å². The second kappa shape index (κ2) is 35.4. The quantitative estimate of drug-likeness (QED) is 0.0103. The maximum absolute atomic E-state index is 14.2. The number of nitrogens with one attached hydrogen (secondary N) is 4. The number of rotatable bonds is 38. The molecule has 6 atom stereocenters. The SMILES string of the molecule is CC(=O)CC[C@H](NC(=O)[C@H](CC(C)=O)CC(=O)CNC(=O)[C@@H](C)CCCCNC(=O)OCc1ccccc1)C(=O)C[C@H](C(=O)N[C@@H](CC(=O)OCc1ccccc1)C(=O)Cc1ccc(CO[C@H](O)Oc2ccc([N+](=O)[O-])cc2)cc1)C(C)C.